The molecule has 2 unspecified atom stereocenters. The van der Waals surface area contributed by atoms with Gasteiger partial charge in [0.15, 0.2) is 0 Å². The minimum atomic E-state index is -0.966. The SMILES string of the molecule is COC(=O)C(C)(N)CC(C)n1c(C)nc2c1CCCC2. The highest BCUT2D eigenvalue weighted by Crippen LogP contribution is 2.29. The van der Waals surface area contributed by atoms with Gasteiger partial charge in [-0.3, -0.25) is 4.79 Å². The molecule has 0 saturated carbocycles. The van der Waals surface area contributed by atoms with Crippen LogP contribution in [0.15, 0.2) is 0 Å². The predicted octanol–water partition coefficient (Wildman–Crippen LogP) is 1.91. The molecule has 0 aliphatic heterocycles. The van der Waals surface area contributed by atoms with Gasteiger partial charge in [0, 0.05) is 11.7 Å². The number of imidazole rings is 1. The molecular formula is C15H25N3O2. The lowest BCUT2D eigenvalue weighted by molar-refractivity contribution is -0.147. The highest BCUT2D eigenvalue weighted by molar-refractivity contribution is 5.79. The van der Waals surface area contributed by atoms with Crippen molar-refractivity contribution in [3.8, 4) is 0 Å². The Kier molecular flexibility index (Phi) is 4.18. The summed E-state index contributed by atoms with van der Waals surface area (Å²) >= 11 is 0. The van der Waals surface area contributed by atoms with Crippen LogP contribution in [-0.2, 0) is 22.4 Å². The van der Waals surface area contributed by atoms with E-state index in [0.717, 1.165) is 18.7 Å². The van der Waals surface area contributed by atoms with Gasteiger partial charge in [0.25, 0.3) is 0 Å². The van der Waals surface area contributed by atoms with Crippen LogP contribution in [0.3, 0.4) is 0 Å². The molecule has 0 spiro atoms. The zero-order chi connectivity index (χ0) is 14.9. The summed E-state index contributed by atoms with van der Waals surface area (Å²) in [7, 11) is 1.38. The summed E-state index contributed by atoms with van der Waals surface area (Å²) in [6.07, 6.45) is 5.10. The van der Waals surface area contributed by atoms with E-state index in [1.165, 1.54) is 31.3 Å². The fourth-order valence-electron chi connectivity index (χ4n) is 3.30. The molecular weight excluding hydrogens is 254 g/mol. The third kappa shape index (κ3) is 2.73. The Bertz CT molecular complexity index is 505. The Labute approximate surface area is 120 Å². The van der Waals surface area contributed by atoms with E-state index in [2.05, 4.69) is 16.5 Å². The first kappa shape index (κ1) is 15.0. The van der Waals surface area contributed by atoms with Gasteiger partial charge in [0.05, 0.1) is 12.8 Å². The molecule has 20 heavy (non-hydrogen) atoms. The highest BCUT2D eigenvalue weighted by Gasteiger charge is 2.33. The summed E-state index contributed by atoms with van der Waals surface area (Å²) in [5.74, 6) is 0.654. The van der Waals surface area contributed by atoms with Gasteiger partial charge in [0.1, 0.15) is 11.4 Å². The first-order valence-corrected chi connectivity index (χ1v) is 7.30. The van der Waals surface area contributed by atoms with Crippen LogP contribution in [0.2, 0.25) is 0 Å². The van der Waals surface area contributed by atoms with Crippen molar-refractivity contribution in [1.82, 2.24) is 9.55 Å². The maximum atomic E-state index is 11.7. The Balaban J connectivity index is 2.23. The molecule has 1 aromatic rings. The Morgan fingerprint density at radius 2 is 2.15 bits per heavy atom. The number of methoxy groups -OCH3 is 1. The van der Waals surface area contributed by atoms with Crippen LogP contribution in [0.1, 0.15) is 56.4 Å². The second-order valence-corrected chi connectivity index (χ2v) is 6.09. The maximum absolute atomic E-state index is 11.7. The van der Waals surface area contributed by atoms with Gasteiger partial charge < -0.3 is 15.0 Å². The fraction of sp³-hybridized carbons (Fsp3) is 0.733. The average Bonchev–Trinajstić information content (AvgIpc) is 2.72. The quantitative estimate of drug-likeness (QED) is 0.855. The lowest BCUT2D eigenvalue weighted by Crippen LogP contribution is -2.47. The molecule has 1 aliphatic carbocycles. The molecule has 2 N–H and O–H groups in total. The minimum absolute atomic E-state index is 0.137. The molecule has 2 atom stereocenters. The standard InChI is InChI=1S/C15H25N3O2/c1-10(9-15(3,16)14(19)20-4)18-11(2)17-12-7-5-6-8-13(12)18/h10H,5-9,16H2,1-4H3. The van der Waals surface area contributed by atoms with Crippen LogP contribution in [0.5, 0.6) is 0 Å². The molecule has 0 saturated heterocycles. The summed E-state index contributed by atoms with van der Waals surface area (Å²) in [5.41, 5.74) is 7.67. The van der Waals surface area contributed by atoms with Crippen molar-refractivity contribution in [3.05, 3.63) is 17.2 Å². The molecule has 5 nitrogen and oxygen atoms in total. The lowest BCUT2D eigenvalue weighted by Gasteiger charge is -2.28. The number of ether oxygens (including phenoxy) is 1. The number of rotatable bonds is 4. The van der Waals surface area contributed by atoms with E-state index in [0.29, 0.717) is 6.42 Å². The van der Waals surface area contributed by atoms with Gasteiger partial charge in [-0.25, -0.2) is 4.98 Å². The van der Waals surface area contributed by atoms with Crippen molar-refractivity contribution in [3.63, 3.8) is 0 Å². The lowest BCUT2D eigenvalue weighted by atomic mass is 9.94. The largest absolute Gasteiger partial charge is 0.468 e. The molecule has 1 aliphatic rings. The maximum Gasteiger partial charge on any atom is 0.325 e. The van der Waals surface area contributed by atoms with Crippen LogP contribution in [-0.4, -0.2) is 28.2 Å². The third-order valence-corrected chi connectivity index (χ3v) is 4.16. The van der Waals surface area contributed by atoms with Crippen LogP contribution in [0, 0.1) is 6.92 Å². The van der Waals surface area contributed by atoms with E-state index in [1.54, 1.807) is 6.92 Å². The Morgan fingerprint density at radius 3 is 2.80 bits per heavy atom. The second kappa shape index (κ2) is 5.56. The van der Waals surface area contributed by atoms with Crippen LogP contribution < -0.4 is 5.73 Å². The van der Waals surface area contributed by atoms with Crippen molar-refractivity contribution in [2.75, 3.05) is 7.11 Å². The number of aromatic nitrogens is 2. The van der Waals surface area contributed by atoms with Crippen molar-refractivity contribution in [2.45, 2.75) is 64.5 Å². The molecule has 0 fully saturated rings. The van der Waals surface area contributed by atoms with E-state index in [9.17, 15) is 4.79 Å². The molecule has 112 valence electrons. The molecule has 0 aromatic carbocycles. The highest BCUT2D eigenvalue weighted by atomic mass is 16.5. The second-order valence-electron chi connectivity index (χ2n) is 6.09. The van der Waals surface area contributed by atoms with Gasteiger partial charge in [-0.05, 0) is 52.9 Å². The van der Waals surface area contributed by atoms with Crippen LogP contribution in [0.25, 0.3) is 0 Å². The van der Waals surface area contributed by atoms with Crippen LogP contribution >= 0.6 is 0 Å². The Hall–Kier alpha value is -1.36. The summed E-state index contributed by atoms with van der Waals surface area (Å²) in [4.78, 5) is 16.4. The molecule has 2 rings (SSSR count). The third-order valence-electron chi connectivity index (χ3n) is 4.16. The zero-order valence-electron chi connectivity index (χ0n) is 12.9. The van der Waals surface area contributed by atoms with E-state index in [1.807, 2.05) is 6.92 Å². The number of fused-ring (bicyclic) bond motifs is 1. The van der Waals surface area contributed by atoms with Crippen molar-refractivity contribution < 1.29 is 9.53 Å². The summed E-state index contributed by atoms with van der Waals surface area (Å²) < 4.78 is 7.04. The number of nitrogens with zero attached hydrogens (tertiary/aromatic N) is 2. The molecule has 5 heteroatoms. The molecule has 0 amide bonds. The minimum Gasteiger partial charge on any atom is -0.468 e. The summed E-state index contributed by atoms with van der Waals surface area (Å²) in [5, 5.41) is 0. The zero-order valence-corrected chi connectivity index (χ0v) is 12.9. The molecule has 0 bridgehead atoms. The number of hydrogen-bond donors (Lipinski definition) is 1. The smallest absolute Gasteiger partial charge is 0.325 e. The monoisotopic (exact) mass is 279 g/mol. The average molecular weight is 279 g/mol. The van der Waals surface area contributed by atoms with E-state index < -0.39 is 5.54 Å². The topological polar surface area (TPSA) is 70.1 Å². The van der Waals surface area contributed by atoms with Gasteiger partial charge in [-0.1, -0.05) is 0 Å². The number of esters is 1. The molecule has 1 heterocycles. The predicted molar refractivity (Wildman–Crippen MR) is 77.5 cm³/mol. The van der Waals surface area contributed by atoms with Gasteiger partial charge >= 0.3 is 5.97 Å². The van der Waals surface area contributed by atoms with Crippen LogP contribution in [0.4, 0.5) is 0 Å². The number of aryl methyl sites for hydroxylation is 2. The van der Waals surface area contributed by atoms with Gasteiger partial charge in [-0.2, -0.15) is 0 Å². The first-order chi connectivity index (χ1) is 9.36. The van der Waals surface area contributed by atoms with Crippen molar-refractivity contribution in [1.29, 1.82) is 0 Å². The Morgan fingerprint density at radius 1 is 1.50 bits per heavy atom. The number of carbonyl (C=O) groups excluding carboxylic acids is 1. The van der Waals surface area contributed by atoms with Crippen molar-refractivity contribution in [2.24, 2.45) is 5.73 Å². The number of hydrogen-bond acceptors (Lipinski definition) is 4. The van der Waals surface area contributed by atoms with Gasteiger partial charge in [0.2, 0.25) is 0 Å². The first-order valence-electron chi connectivity index (χ1n) is 7.30. The number of carbonyl (C=O) groups is 1. The van der Waals surface area contributed by atoms with Crippen molar-refractivity contribution >= 4 is 5.97 Å². The van der Waals surface area contributed by atoms with E-state index >= 15 is 0 Å². The fourth-order valence-corrected chi connectivity index (χ4v) is 3.30. The molecule has 0 radical (unpaired) electrons. The molecule has 1 aromatic heterocycles. The number of nitrogens with two attached hydrogens (primary N) is 1. The van der Waals surface area contributed by atoms with Gasteiger partial charge in [-0.15, -0.1) is 0 Å². The normalized spacial score (nSPS) is 19.1. The van der Waals surface area contributed by atoms with E-state index in [-0.39, 0.29) is 12.0 Å². The summed E-state index contributed by atoms with van der Waals surface area (Å²) in [6.45, 7) is 5.85. The summed E-state index contributed by atoms with van der Waals surface area (Å²) in [6, 6.07) is 0.137. The van der Waals surface area contributed by atoms with E-state index in [4.69, 9.17) is 10.5 Å².